The van der Waals surface area contributed by atoms with Crippen LogP contribution in [-0.2, 0) is 14.3 Å². The highest BCUT2D eigenvalue weighted by Gasteiger charge is 2.63. The van der Waals surface area contributed by atoms with E-state index in [0.717, 1.165) is 0 Å². The highest BCUT2D eigenvalue weighted by molar-refractivity contribution is 5.91. The summed E-state index contributed by atoms with van der Waals surface area (Å²) in [7, 11) is 0. The molecule has 0 aromatic carbocycles. The van der Waals surface area contributed by atoms with Gasteiger partial charge in [0.1, 0.15) is 12.2 Å². The van der Waals surface area contributed by atoms with Gasteiger partial charge in [-0.05, 0) is 0 Å². The minimum Gasteiger partial charge on any atom is -0.364 e. The fraction of sp³-hybridized carbons (Fsp3) is 0.889. The van der Waals surface area contributed by atoms with Crippen LogP contribution < -0.4 is 0 Å². The first-order valence-corrected chi connectivity index (χ1v) is 4.55. The van der Waals surface area contributed by atoms with Crippen LogP contribution in [0.25, 0.3) is 0 Å². The highest BCUT2D eigenvalue weighted by Crippen LogP contribution is 2.47. The Balaban J connectivity index is 2.06. The summed E-state index contributed by atoms with van der Waals surface area (Å²) in [6.45, 7) is 4.15. The molecule has 4 aliphatic rings. The van der Waals surface area contributed by atoms with Crippen LogP contribution in [0.5, 0.6) is 0 Å². The van der Waals surface area contributed by atoms with Crippen molar-refractivity contribution in [3.63, 3.8) is 0 Å². The minimum atomic E-state index is -0.230. The van der Waals surface area contributed by atoms with E-state index in [-0.39, 0.29) is 36.1 Å². The number of carbonyl (C=O) groups is 1. The normalized spacial score (nSPS) is 61.7. The second-order valence-electron chi connectivity index (χ2n) is 4.16. The summed E-state index contributed by atoms with van der Waals surface area (Å²) in [6.07, 6.45) is -0.0682. The smallest absolute Gasteiger partial charge is 0.193 e. The first kappa shape index (κ1) is 7.04. The molecule has 0 aliphatic carbocycles. The Kier molecular flexibility index (Phi) is 1.12. The van der Waals surface area contributed by atoms with Gasteiger partial charge < -0.3 is 9.47 Å². The Bertz CT molecular complexity index is 244. The molecule has 0 aromatic heterocycles. The van der Waals surface area contributed by atoms with Crippen LogP contribution in [0.15, 0.2) is 0 Å². The molecule has 3 nitrogen and oxygen atoms in total. The average Bonchev–Trinajstić information content (AvgIpc) is 2.43. The van der Waals surface area contributed by atoms with Crippen molar-refractivity contribution in [3.8, 4) is 0 Å². The molecule has 66 valence electrons. The number of hydrogen-bond acceptors (Lipinski definition) is 3. The molecule has 12 heavy (non-hydrogen) atoms. The summed E-state index contributed by atoms with van der Waals surface area (Å²) in [5, 5.41) is 0. The molecule has 4 fully saturated rings. The quantitative estimate of drug-likeness (QED) is 0.524. The molecule has 0 spiro atoms. The summed E-state index contributed by atoms with van der Waals surface area (Å²) in [5.41, 5.74) is 0. The van der Waals surface area contributed by atoms with E-state index in [9.17, 15) is 4.79 Å². The monoisotopic (exact) mass is 168 g/mol. The van der Waals surface area contributed by atoms with Gasteiger partial charge in [-0.2, -0.15) is 0 Å². The van der Waals surface area contributed by atoms with Gasteiger partial charge in [-0.15, -0.1) is 0 Å². The molecule has 0 amide bonds. The van der Waals surface area contributed by atoms with E-state index in [1.165, 1.54) is 0 Å². The number of hydrogen-bond donors (Lipinski definition) is 0. The van der Waals surface area contributed by atoms with Gasteiger partial charge >= 0.3 is 0 Å². The van der Waals surface area contributed by atoms with Crippen LogP contribution in [0.1, 0.15) is 13.8 Å². The van der Waals surface area contributed by atoms with Crippen molar-refractivity contribution in [3.05, 3.63) is 0 Å². The standard InChI is InChI=1S/C9H12O3/c1-3-6-4(2)8-9(11-6)5(10)7(3)12-8/h3-4,6-9H,1-2H3/t3-,4+,6+,7+,8-,9+/m0/s1. The lowest BCUT2D eigenvalue weighted by Crippen LogP contribution is -2.45. The molecule has 0 unspecified atom stereocenters. The van der Waals surface area contributed by atoms with Crippen LogP contribution in [0, 0.1) is 11.8 Å². The molecule has 0 saturated carbocycles. The predicted molar refractivity (Wildman–Crippen MR) is 40.7 cm³/mol. The summed E-state index contributed by atoms with van der Waals surface area (Å²) < 4.78 is 11.2. The van der Waals surface area contributed by atoms with Crippen molar-refractivity contribution in [1.82, 2.24) is 0 Å². The Morgan fingerprint density at radius 1 is 1.00 bits per heavy atom. The zero-order valence-electron chi connectivity index (χ0n) is 7.19. The van der Waals surface area contributed by atoms with Gasteiger partial charge in [0.25, 0.3) is 0 Å². The number of carbonyl (C=O) groups excluding carboxylic acids is 1. The van der Waals surface area contributed by atoms with Crippen LogP contribution in [-0.4, -0.2) is 30.2 Å². The Labute approximate surface area is 71.0 Å². The zero-order chi connectivity index (χ0) is 8.46. The maximum absolute atomic E-state index is 11.5. The van der Waals surface area contributed by atoms with E-state index in [1.54, 1.807) is 0 Å². The molecule has 0 aromatic rings. The van der Waals surface area contributed by atoms with Gasteiger partial charge in [-0.1, -0.05) is 13.8 Å². The number of ether oxygens (including phenoxy) is 2. The van der Waals surface area contributed by atoms with Crippen molar-refractivity contribution in [2.75, 3.05) is 0 Å². The fourth-order valence-corrected chi connectivity index (χ4v) is 2.81. The molecule has 4 bridgehead atoms. The Morgan fingerprint density at radius 3 is 2.33 bits per heavy atom. The molecule has 3 heteroatoms. The second kappa shape index (κ2) is 1.91. The van der Waals surface area contributed by atoms with Gasteiger partial charge in [-0.3, -0.25) is 4.79 Å². The minimum absolute atomic E-state index is 0.0590. The molecule has 4 saturated heterocycles. The van der Waals surface area contributed by atoms with Crippen LogP contribution in [0.2, 0.25) is 0 Å². The molecule has 4 rings (SSSR count). The van der Waals surface area contributed by atoms with E-state index >= 15 is 0 Å². The van der Waals surface area contributed by atoms with Crippen LogP contribution >= 0.6 is 0 Å². The van der Waals surface area contributed by atoms with Gasteiger partial charge in [0.15, 0.2) is 5.78 Å². The van der Waals surface area contributed by atoms with Crippen molar-refractivity contribution >= 4 is 5.78 Å². The summed E-state index contributed by atoms with van der Waals surface area (Å²) in [5.74, 6) is 0.822. The van der Waals surface area contributed by atoms with Crippen molar-refractivity contribution in [2.24, 2.45) is 11.8 Å². The second-order valence-corrected chi connectivity index (χ2v) is 4.16. The van der Waals surface area contributed by atoms with E-state index in [2.05, 4.69) is 6.92 Å². The molecular weight excluding hydrogens is 156 g/mol. The van der Waals surface area contributed by atoms with Gasteiger partial charge in [-0.25, -0.2) is 0 Å². The average molecular weight is 168 g/mol. The number of rotatable bonds is 0. The lowest BCUT2D eigenvalue weighted by molar-refractivity contribution is -0.151. The van der Waals surface area contributed by atoms with Crippen molar-refractivity contribution in [1.29, 1.82) is 0 Å². The Morgan fingerprint density at radius 2 is 1.67 bits per heavy atom. The summed E-state index contributed by atoms with van der Waals surface area (Å²) in [4.78, 5) is 11.5. The third-order valence-corrected chi connectivity index (χ3v) is 3.50. The third-order valence-electron chi connectivity index (χ3n) is 3.50. The van der Waals surface area contributed by atoms with Crippen LogP contribution in [0.4, 0.5) is 0 Å². The topological polar surface area (TPSA) is 35.5 Å². The predicted octanol–water partition coefficient (Wildman–Crippen LogP) is 0.376. The number of Topliss-reactive ketones (excluding diaryl/α,β-unsaturated/α-hetero) is 1. The number of ketones is 1. The van der Waals surface area contributed by atoms with Gasteiger partial charge in [0, 0.05) is 11.8 Å². The molecule has 6 atom stereocenters. The summed E-state index contributed by atoms with van der Waals surface area (Å²) >= 11 is 0. The van der Waals surface area contributed by atoms with Crippen LogP contribution in [0.3, 0.4) is 0 Å². The van der Waals surface area contributed by atoms with E-state index in [0.29, 0.717) is 5.92 Å². The van der Waals surface area contributed by atoms with Gasteiger partial charge in [0.05, 0.1) is 12.2 Å². The largest absolute Gasteiger partial charge is 0.364 e. The molecular formula is C9H12O3. The lowest BCUT2D eigenvalue weighted by atomic mass is 9.87. The molecule has 4 heterocycles. The van der Waals surface area contributed by atoms with E-state index in [4.69, 9.17) is 9.47 Å². The summed E-state index contributed by atoms with van der Waals surface area (Å²) in [6, 6.07) is 0. The molecule has 4 aliphatic heterocycles. The first-order chi connectivity index (χ1) is 5.70. The maximum Gasteiger partial charge on any atom is 0.193 e. The van der Waals surface area contributed by atoms with Crippen molar-refractivity contribution in [2.45, 2.75) is 38.3 Å². The molecule has 0 radical (unpaired) electrons. The third kappa shape index (κ3) is 0.559. The fourth-order valence-electron chi connectivity index (χ4n) is 2.81. The maximum atomic E-state index is 11.5. The Hall–Kier alpha value is -0.410. The van der Waals surface area contributed by atoms with Gasteiger partial charge in [0.2, 0.25) is 0 Å². The zero-order valence-corrected chi connectivity index (χ0v) is 7.19. The SMILES string of the molecule is C[C@@H]1[C@@H]2O[C@@H]3C(=O)[C@H](O[C@@H]13)[C@H]2C. The highest BCUT2D eigenvalue weighted by atomic mass is 16.6. The van der Waals surface area contributed by atoms with E-state index in [1.807, 2.05) is 6.92 Å². The van der Waals surface area contributed by atoms with E-state index < -0.39 is 0 Å². The molecule has 0 N–H and O–H groups in total. The first-order valence-electron chi connectivity index (χ1n) is 4.55. The lowest BCUT2D eigenvalue weighted by Gasteiger charge is -2.34. The van der Waals surface area contributed by atoms with Crippen molar-refractivity contribution < 1.29 is 14.3 Å².